The molecule has 0 N–H and O–H groups in total. The van der Waals surface area contributed by atoms with E-state index >= 15 is 0 Å². The van der Waals surface area contributed by atoms with Gasteiger partial charge < -0.3 is 9.64 Å². The van der Waals surface area contributed by atoms with Crippen LogP contribution in [0.3, 0.4) is 0 Å². The predicted octanol–water partition coefficient (Wildman–Crippen LogP) is 4.17. The Kier molecular flexibility index (Phi) is 5.36. The van der Waals surface area contributed by atoms with Crippen molar-refractivity contribution in [2.24, 2.45) is 0 Å². The minimum Gasteiger partial charge on any atom is -0.457 e. The van der Waals surface area contributed by atoms with Crippen LogP contribution >= 0.6 is 0 Å². The number of benzene rings is 3. The molecule has 3 aromatic carbocycles. The van der Waals surface area contributed by atoms with Gasteiger partial charge in [-0.1, -0.05) is 36.4 Å². The first-order valence-electron chi connectivity index (χ1n) is 9.45. The van der Waals surface area contributed by atoms with Crippen LogP contribution in [0.4, 0.5) is 0 Å². The number of carbonyl (C=O) groups is 1. The first kappa shape index (κ1) is 19.2. The number of sulfone groups is 1. The largest absolute Gasteiger partial charge is 0.457 e. The average molecular weight is 407 g/mol. The number of nitrogens with zero attached hydrogens (tertiary/aromatic N) is 1. The molecule has 1 aliphatic rings. The summed E-state index contributed by atoms with van der Waals surface area (Å²) in [5.74, 6) is 1.20. The number of amides is 1. The fourth-order valence-electron chi connectivity index (χ4n) is 3.44. The summed E-state index contributed by atoms with van der Waals surface area (Å²) in [5, 5.41) is -0.575. The fourth-order valence-corrected chi connectivity index (χ4v) is 5.15. The van der Waals surface area contributed by atoms with Crippen LogP contribution in [0.5, 0.6) is 11.5 Å². The zero-order valence-corrected chi connectivity index (χ0v) is 16.6. The highest BCUT2D eigenvalue weighted by molar-refractivity contribution is 7.92. The molecule has 1 atom stereocenters. The highest BCUT2D eigenvalue weighted by atomic mass is 32.2. The first-order chi connectivity index (χ1) is 14.0. The van der Waals surface area contributed by atoms with Crippen molar-refractivity contribution in [3.8, 4) is 11.5 Å². The number of carbonyl (C=O) groups excluding carboxylic acids is 1. The minimum absolute atomic E-state index is 0.165. The maximum absolute atomic E-state index is 12.8. The molecule has 5 nitrogen and oxygen atoms in total. The number of likely N-dealkylation sites (tertiary alicyclic amines) is 1. The van der Waals surface area contributed by atoms with E-state index in [1.807, 2.05) is 30.3 Å². The zero-order chi connectivity index (χ0) is 20.3. The molecule has 1 amide bonds. The Bertz CT molecular complexity index is 1080. The maximum Gasteiger partial charge on any atom is 0.253 e. The van der Waals surface area contributed by atoms with Gasteiger partial charge in [-0.25, -0.2) is 8.42 Å². The van der Waals surface area contributed by atoms with Gasteiger partial charge >= 0.3 is 0 Å². The Morgan fingerprint density at radius 2 is 1.41 bits per heavy atom. The standard InChI is InChI=1S/C23H21NO4S/c25-23(18-11-13-20(14-12-18)28-19-7-3-1-4-8-19)24-16-15-22(17-24)29(26,27)21-9-5-2-6-10-21/h1-14,22H,15-17H2. The highest BCUT2D eigenvalue weighted by Gasteiger charge is 2.36. The van der Waals surface area contributed by atoms with Crippen LogP contribution in [-0.4, -0.2) is 37.6 Å². The van der Waals surface area contributed by atoms with E-state index in [0.29, 0.717) is 29.2 Å². The molecule has 0 saturated carbocycles. The van der Waals surface area contributed by atoms with E-state index in [9.17, 15) is 13.2 Å². The van der Waals surface area contributed by atoms with Crippen molar-refractivity contribution in [1.29, 1.82) is 0 Å². The minimum atomic E-state index is -3.44. The van der Waals surface area contributed by atoms with Crippen LogP contribution in [0, 0.1) is 0 Å². The molecule has 1 aliphatic heterocycles. The van der Waals surface area contributed by atoms with Gasteiger partial charge in [-0.3, -0.25) is 4.79 Å². The molecule has 148 valence electrons. The topological polar surface area (TPSA) is 63.7 Å². The number of rotatable bonds is 5. The van der Waals surface area contributed by atoms with E-state index in [2.05, 4.69) is 0 Å². The van der Waals surface area contributed by atoms with Crippen molar-refractivity contribution >= 4 is 15.7 Å². The van der Waals surface area contributed by atoms with Gasteiger partial charge in [0.05, 0.1) is 10.1 Å². The molecular formula is C23H21NO4S. The Balaban J connectivity index is 1.43. The van der Waals surface area contributed by atoms with Gasteiger partial charge in [0.25, 0.3) is 5.91 Å². The van der Waals surface area contributed by atoms with Crippen LogP contribution in [0.2, 0.25) is 0 Å². The Hall–Kier alpha value is -3.12. The molecule has 1 unspecified atom stereocenters. The predicted molar refractivity (Wildman–Crippen MR) is 111 cm³/mol. The van der Waals surface area contributed by atoms with E-state index in [4.69, 9.17) is 4.74 Å². The van der Waals surface area contributed by atoms with Crippen molar-refractivity contribution in [2.75, 3.05) is 13.1 Å². The maximum atomic E-state index is 12.8. The average Bonchev–Trinajstić information content (AvgIpc) is 3.26. The van der Waals surface area contributed by atoms with Crippen molar-refractivity contribution in [2.45, 2.75) is 16.6 Å². The van der Waals surface area contributed by atoms with Crippen molar-refractivity contribution in [3.05, 3.63) is 90.5 Å². The van der Waals surface area contributed by atoms with E-state index in [1.54, 1.807) is 59.5 Å². The summed E-state index contributed by atoms with van der Waals surface area (Å²) >= 11 is 0. The van der Waals surface area contributed by atoms with Gasteiger partial charge in [-0.15, -0.1) is 0 Å². The first-order valence-corrected chi connectivity index (χ1v) is 11.0. The molecule has 0 radical (unpaired) electrons. The van der Waals surface area contributed by atoms with Gasteiger partial charge in [0, 0.05) is 18.7 Å². The third-order valence-corrected chi connectivity index (χ3v) is 7.21. The van der Waals surface area contributed by atoms with E-state index < -0.39 is 15.1 Å². The lowest BCUT2D eigenvalue weighted by Gasteiger charge is -2.17. The third-order valence-electron chi connectivity index (χ3n) is 5.02. The third kappa shape index (κ3) is 4.17. The van der Waals surface area contributed by atoms with E-state index in [0.717, 1.165) is 5.75 Å². The normalized spacial score (nSPS) is 16.6. The molecule has 0 bridgehead atoms. The summed E-state index contributed by atoms with van der Waals surface area (Å²) in [6.07, 6.45) is 0.443. The summed E-state index contributed by atoms with van der Waals surface area (Å²) in [5.41, 5.74) is 0.517. The Morgan fingerprint density at radius 1 is 0.828 bits per heavy atom. The smallest absolute Gasteiger partial charge is 0.253 e. The number of ether oxygens (including phenoxy) is 1. The van der Waals surface area contributed by atoms with Crippen LogP contribution in [0.15, 0.2) is 89.8 Å². The lowest BCUT2D eigenvalue weighted by Crippen LogP contribution is -2.31. The highest BCUT2D eigenvalue weighted by Crippen LogP contribution is 2.26. The second-order valence-corrected chi connectivity index (χ2v) is 9.19. The molecule has 1 fully saturated rings. The molecule has 6 heteroatoms. The summed E-state index contributed by atoms with van der Waals surface area (Å²) < 4.78 is 31.4. The molecule has 0 aromatic heterocycles. The summed E-state index contributed by atoms with van der Waals surface area (Å²) in [6.45, 7) is 0.635. The summed E-state index contributed by atoms with van der Waals surface area (Å²) in [6, 6.07) is 24.7. The summed E-state index contributed by atoms with van der Waals surface area (Å²) in [4.78, 5) is 14.7. The monoisotopic (exact) mass is 407 g/mol. The Labute approximate surface area is 170 Å². The second-order valence-electron chi connectivity index (χ2n) is 6.96. The van der Waals surface area contributed by atoms with Crippen molar-refractivity contribution in [3.63, 3.8) is 0 Å². The number of hydrogen-bond acceptors (Lipinski definition) is 4. The van der Waals surface area contributed by atoms with Gasteiger partial charge in [0.2, 0.25) is 0 Å². The van der Waals surface area contributed by atoms with Gasteiger partial charge in [0.15, 0.2) is 9.84 Å². The van der Waals surface area contributed by atoms with Crippen LogP contribution < -0.4 is 4.74 Å². The van der Waals surface area contributed by atoms with Crippen molar-refractivity contribution in [1.82, 2.24) is 4.90 Å². The SMILES string of the molecule is O=C(c1ccc(Oc2ccccc2)cc1)N1CCC(S(=O)(=O)c2ccccc2)C1. The lowest BCUT2D eigenvalue weighted by atomic mass is 10.2. The van der Waals surface area contributed by atoms with Crippen LogP contribution in [0.1, 0.15) is 16.8 Å². The zero-order valence-electron chi connectivity index (χ0n) is 15.8. The molecule has 3 aromatic rings. The number of hydrogen-bond donors (Lipinski definition) is 0. The number of para-hydroxylation sites is 1. The molecule has 29 heavy (non-hydrogen) atoms. The molecular weight excluding hydrogens is 386 g/mol. The molecule has 4 rings (SSSR count). The fraction of sp³-hybridized carbons (Fsp3) is 0.174. The van der Waals surface area contributed by atoms with Crippen LogP contribution in [-0.2, 0) is 9.84 Å². The molecule has 1 heterocycles. The molecule has 1 saturated heterocycles. The van der Waals surface area contributed by atoms with Gasteiger partial charge in [-0.2, -0.15) is 0 Å². The second kappa shape index (κ2) is 8.09. The van der Waals surface area contributed by atoms with Crippen LogP contribution in [0.25, 0.3) is 0 Å². The van der Waals surface area contributed by atoms with E-state index in [-0.39, 0.29) is 12.5 Å². The van der Waals surface area contributed by atoms with E-state index in [1.165, 1.54) is 0 Å². The lowest BCUT2D eigenvalue weighted by molar-refractivity contribution is 0.0793. The van der Waals surface area contributed by atoms with Gasteiger partial charge in [-0.05, 0) is 55.0 Å². The molecule has 0 spiro atoms. The van der Waals surface area contributed by atoms with Crippen molar-refractivity contribution < 1.29 is 17.9 Å². The summed E-state index contributed by atoms with van der Waals surface area (Å²) in [7, 11) is -3.44. The van der Waals surface area contributed by atoms with Gasteiger partial charge in [0.1, 0.15) is 11.5 Å². The molecule has 0 aliphatic carbocycles. The quantitative estimate of drug-likeness (QED) is 0.637. The Morgan fingerprint density at radius 3 is 2.07 bits per heavy atom.